The molecule has 1 aromatic rings. The van der Waals surface area contributed by atoms with Gasteiger partial charge in [-0.1, -0.05) is 29.8 Å². The fourth-order valence-corrected chi connectivity index (χ4v) is 1.63. The Morgan fingerprint density at radius 2 is 1.50 bits per heavy atom. The Hall–Kier alpha value is -1.84. The molecule has 0 saturated heterocycles. The lowest BCUT2D eigenvalue weighted by molar-refractivity contribution is -0.119. The molecule has 0 fully saturated rings. The topological polar surface area (TPSA) is 86.2 Å². The van der Waals surface area contributed by atoms with Crippen LogP contribution in [0.5, 0.6) is 0 Å². The molecule has 0 bridgehead atoms. The van der Waals surface area contributed by atoms with E-state index in [1.54, 1.807) is 0 Å². The number of hydrogen-bond donors (Lipinski definition) is 2. The van der Waals surface area contributed by atoms with Crippen molar-refractivity contribution in [1.29, 1.82) is 0 Å². The van der Waals surface area contributed by atoms with E-state index in [2.05, 4.69) is 0 Å². The van der Waals surface area contributed by atoms with Gasteiger partial charge in [0.2, 0.25) is 11.8 Å². The third-order valence-corrected chi connectivity index (χ3v) is 2.44. The smallest absolute Gasteiger partial charge is 0.218 e. The molecule has 0 spiro atoms. The minimum Gasteiger partial charge on any atom is -0.370 e. The molecular weight excluding hydrogens is 204 g/mol. The van der Waals surface area contributed by atoms with Crippen LogP contribution in [0.2, 0.25) is 0 Å². The number of primary amides is 2. The highest BCUT2D eigenvalue weighted by atomic mass is 16.1. The molecule has 1 aromatic carbocycles. The second kappa shape index (κ2) is 5.30. The Bertz CT molecular complexity index is 369. The van der Waals surface area contributed by atoms with Crippen molar-refractivity contribution in [1.82, 2.24) is 0 Å². The maximum Gasteiger partial charge on any atom is 0.218 e. The molecule has 0 saturated carbocycles. The zero-order chi connectivity index (χ0) is 12.1. The van der Waals surface area contributed by atoms with Crippen molar-refractivity contribution < 1.29 is 9.59 Å². The van der Waals surface area contributed by atoms with Crippen molar-refractivity contribution in [3.8, 4) is 0 Å². The number of hydrogen-bond acceptors (Lipinski definition) is 2. The van der Waals surface area contributed by atoms with Gasteiger partial charge in [0.25, 0.3) is 0 Å². The molecule has 0 atom stereocenters. The predicted molar refractivity (Wildman–Crippen MR) is 61.5 cm³/mol. The molecule has 0 radical (unpaired) electrons. The second-order valence-electron chi connectivity index (χ2n) is 3.95. The average molecular weight is 220 g/mol. The lowest BCUT2D eigenvalue weighted by Gasteiger charge is -2.13. The summed E-state index contributed by atoms with van der Waals surface area (Å²) in [6.07, 6.45) is 0.290. The highest BCUT2D eigenvalue weighted by Crippen LogP contribution is 2.23. The van der Waals surface area contributed by atoms with Crippen molar-refractivity contribution in [3.05, 3.63) is 35.4 Å². The van der Waals surface area contributed by atoms with Crippen LogP contribution in [0.25, 0.3) is 0 Å². The number of aryl methyl sites for hydroxylation is 1. The van der Waals surface area contributed by atoms with Gasteiger partial charge in [-0.15, -0.1) is 0 Å². The zero-order valence-corrected chi connectivity index (χ0v) is 9.27. The van der Waals surface area contributed by atoms with Crippen LogP contribution in [0, 0.1) is 6.92 Å². The summed E-state index contributed by atoms with van der Waals surface area (Å²) >= 11 is 0. The van der Waals surface area contributed by atoms with Gasteiger partial charge in [0, 0.05) is 18.8 Å². The van der Waals surface area contributed by atoms with Crippen LogP contribution in [0.1, 0.15) is 29.9 Å². The summed E-state index contributed by atoms with van der Waals surface area (Å²) in [6.45, 7) is 1.97. The zero-order valence-electron chi connectivity index (χ0n) is 9.27. The average Bonchev–Trinajstić information content (AvgIpc) is 2.16. The van der Waals surface area contributed by atoms with E-state index >= 15 is 0 Å². The first-order valence-corrected chi connectivity index (χ1v) is 5.12. The first-order chi connectivity index (χ1) is 7.49. The fourth-order valence-electron chi connectivity index (χ4n) is 1.63. The summed E-state index contributed by atoms with van der Waals surface area (Å²) in [7, 11) is 0. The monoisotopic (exact) mass is 220 g/mol. The van der Waals surface area contributed by atoms with Gasteiger partial charge in [-0.2, -0.15) is 0 Å². The molecule has 0 aliphatic rings. The molecule has 16 heavy (non-hydrogen) atoms. The molecule has 0 aromatic heterocycles. The van der Waals surface area contributed by atoms with E-state index in [1.165, 1.54) is 0 Å². The third-order valence-electron chi connectivity index (χ3n) is 2.44. The fraction of sp³-hybridized carbons (Fsp3) is 0.333. The lowest BCUT2D eigenvalue weighted by Crippen LogP contribution is -2.20. The Labute approximate surface area is 94.6 Å². The summed E-state index contributed by atoms with van der Waals surface area (Å²) in [6, 6.07) is 7.66. The summed E-state index contributed by atoms with van der Waals surface area (Å²) in [5.74, 6) is -1.06. The number of carbonyl (C=O) groups excluding carboxylic acids is 2. The molecule has 1 rings (SSSR count). The Balaban J connectivity index is 2.86. The maximum atomic E-state index is 10.9. The molecular formula is C12H16N2O2. The molecule has 0 unspecified atom stereocenters. The Morgan fingerprint density at radius 1 is 1.06 bits per heavy atom. The number of nitrogens with two attached hydrogens (primary N) is 2. The van der Waals surface area contributed by atoms with Crippen molar-refractivity contribution in [2.45, 2.75) is 25.7 Å². The van der Waals surface area contributed by atoms with Gasteiger partial charge < -0.3 is 11.5 Å². The summed E-state index contributed by atoms with van der Waals surface area (Å²) in [5, 5.41) is 0. The van der Waals surface area contributed by atoms with Crippen molar-refractivity contribution >= 4 is 11.8 Å². The number of carbonyl (C=O) groups is 2. The van der Waals surface area contributed by atoms with E-state index in [-0.39, 0.29) is 18.8 Å². The molecule has 4 nitrogen and oxygen atoms in total. The number of benzene rings is 1. The van der Waals surface area contributed by atoms with Crippen LogP contribution in [-0.2, 0) is 9.59 Å². The van der Waals surface area contributed by atoms with Gasteiger partial charge in [-0.25, -0.2) is 0 Å². The first kappa shape index (κ1) is 12.2. The molecule has 0 aliphatic heterocycles. The number of rotatable bonds is 5. The van der Waals surface area contributed by atoms with Gasteiger partial charge in [0.1, 0.15) is 0 Å². The largest absolute Gasteiger partial charge is 0.370 e. The van der Waals surface area contributed by atoms with Gasteiger partial charge in [0.15, 0.2) is 0 Å². The number of amides is 2. The minimum atomic E-state index is -0.424. The van der Waals surface area contributed by atoms with E-state index < -0.39 is 11.8 Å². The van der Waals surface area contributed by atoms with Crippen LogP contribution in [-0.4, -0.2) is 11.8 Å². The molecule has 0 heterocycles. The Morgan fingerprint density at radius 3 is 1.88 bits per heavy atom. The van der Waals surface area contributed by atoms with Crippen LogP contribution < -0.4 is 11.5 Å². The van der Waals surface area contributed by atoms with E-state index in [1.807, 2.05) is 31.2 Å². The van der Waals surface area contributed by atoms with Crippen LogP contribution in [0.15, 0.2) is 24.3 Å². The molecule has 86 valence electrons. The normalized spacial score (nSPS) is 10.4. The molecule has 0 aliphatic carbocycles. The van der Waals surface area contributed by atoms with Gasteiger partial charge >= 0.3 is 0 Å². The van der Waals surface area contributed by atoms with E-state index in [4.69, 9.17) is 11.5 Å². The van der Waals surface area contributed by atoms with Gasteiger partial charge in [-0.05, 0) is 12.5 Å². The van der Waals surface area contributed by atoms with Crippen LogP contribution >= 0.6 is 0 Å². The summed E-state index contributed by atoms with van der Waals surface area (Å²) in [4.78, 5) is 21.8. The van der Waals surface area contributed by atoms with Crippen LogP contribution in [0.3, 0.4) is 0 Å². The first-order valence-electron chi connectivity index (χ1n) is 5.12. The predicted octanol–water partition coefficient (Wildman–Crippen LogP) is 0.829. The highest BCUT2D eigenvalue weighted by Gasteiger charge is 2.16. The van der Waals surface area contributed by atoms with E-state index in [0.717, 1.165) is 11.1 Å². The Kier molecular flexibility index (Phi) is 4.05. The molecule has 2 amide bonds. The SMILES string of the molecule is Cc1ccc(C(CC(N)=O)CC(N)=O)cc1. The summed E-state index contributed by atoms with van der Waals surface area (Å²) in [5.41, 5.74) is 12.3. The standard InChI is InChI=1S/C12H16N2O2/c1-8-2-4-9(5-3-8)10(6-11(13)15)7-12(14)16/h2-5,10H,6-7H2,1H3,(H2,13,15)(H2,14,16). The molecule has 4 N–H and O–H groups in total. The summed E-state index contributed by atoms with van der Waals surface area (Å²) < 4.78 is 0. The van der Waals surface area contributed by atoms with Gasteiger partial charge in [0.05, 0.1) is 0 Å². The second-order valence-corrected chi connectivity index (χ2v) is 3.95. The lowest BCUT2D eigenvalue weighted by atomic mass is 9.91. The van der Waals surface area contributed by atoms with E-state index in [0.29, 0.717) is 0 Å². The van der Waals surface area contributed by atoms with Gasteiger partial charge in [-0.3, -0.25) is 9.59 Å². The quantitative estimate of drug-likeness (QED) is 0.770. The third kappa shape index (κ3) is 3.73. The van der Waals surface area contributed by atoms with Crippen LogP contribution in [0.4, 0.5) is 0 Å². The molecule has 4 heteroatoms. The highest BCUT2D eigenvalue weighted by molar-refractivity contribution is 5.78. The van der Waals surface area contributed by atoms with E-state index in [9.17, 15) is 9.59 Å². The van der Waals surface area contributed by atoms with Crippen molar-refractivity contribution in [3.63, 3.8) is 0 Å². The maximum absolute atomic E-state index is 10.9. The van der Waals surface area contributed by atoms with Crippen molar-refractivity contribution in [2.24, 2.45) is 11.5 Å². The van der Waals surface area contributed by atoms with Crippen molar-refractivity contribution in [2.75, 3.05) is 0 Å². The minimum absolute atomic E-state index is 0.145.